The maximum atomic E-state index is 12.2. The van der Waals surface area contributed by atoms with Crippen molar-refractivity contribution < 1.29 is 14.8 Å². The molecule has 1 aromatic rings. The van der Waals surface area contributed by atoms with Gasteiger partial charge in [0.1, 0.15) is 0 Å². The predicted molar refractivity (Wildman–Crippen MR) is 75.9 cm³/mol. The standard InChI is InChI=1S/C13H18N2O4S/c1-9-3-2-6-13(7-9,8-16)14-12(17)10-4-5-11(20-10)15(18)19/h4-5,9,16H,2-3,6-8H2,1H3,(H,14,17). The van der Waals surface area contributed by atoms with Crippen LogP contribution in [0.25, 0.3) is 0 Å². The molecule has 0 aliphatic heterocycles. The second kappa shape index (κ2) is 5.88. The van der Waals surface area contributed by atoms with Gasteiger partial charge in [0.2, 0.25) is 0 Å². The zero-order valence-corrected chi connectivity index (χ0v) is 12.1. The Hall–Kier alpha value is -1.47. The molecular formula is C13H18N2O4S. The van der Waals surface area contributed by atoms with E-state index in [1.54, 1.807) is 0 Å². The fourth-order valence-electron chi connectivity index (χ4n) is 2.81. The minimum Gasteiger partial charge on any atom is -0.394 e. The van der Waals surface area contributed by atoms with Crippen molar-refractivity contribution in [2.45, 2.75) is 38.1 Å². The van der Waals surface area contributed by atoms with E-state index in [1.165, 1.54) is 12.1 Å². The highest BCUT2D eigenvalue weighted by atomic mass is 32.1. The highest BCUT2D eigenvalue weighted by Crippen LogP contribution is 2.33. The van der Waals surface area contributed by atoms with Crippen LogP contribution in [-0.2, 0) is 0 Å². The van der Waals surface area contributed by atoms with Gasteiger partial charge in [-0.15, -0.1) is 0 Å². The van der Waals surface area contributed by atoms with Crippen molar-refractivity contribution in [3.63, 3.8) is 0 Å². The number of hydrogen-bond acceptors (Lipinski definition) is 5. The van der Waals surface area contributed by atoms with Crippen molar-refractivity contribution >= 4 is 22.2 Å². The van der Waals surface area contributed by atoms with Crippen LogP contribution in [0.1, 0.15) is 42.3 Å². The molecule has 2 unspecified atom stereocenters. The normalized spacial score (nSPS) is 26.2. The topological polar surface area (TPSA) is 92.5 Å². The van der Waals surface area contributed by atoms with Gasteiger partial charge in [-0.25, -0.2) is 0 Å². The van der Waals surface area contributed by atoms with Crippen LogP contribution in [0, 0.1) is 16.0 Å². The minimum atomic E-state index is -0.590. The molecule has 1 aliphatic carbocycles. The predicted octanol–water partition coefficient (Wildman–Crippen LogP) is 2.33. The number of carbonyl (C=O) groups is 1. The molecule has 2 N–H and O–H groups in total. The SMILES string of the molecule is CC1CCCC(CO)(NC(=O)c2ccc([N+](=O)[O-])s2)C1. The lowest BCUT2D eigenvalue weighted by molar-refractivity contribution is -0.380. The number of nitrogens with one attached hydrogen (secondary N) is 1. The first-order valence-corrected chi connectivity index (χ1v) is 7.45. The van der Waals surface area contributed by atoms with E-state index in [0.717, 1.165) is 37.0 Å². The lowest BCUT2D eigenvalue weighted by Gasteiger charge is -2.39. The van der Waals surface area contributed by atoms with Gasteiger partial charge in [0.15, 0.2) is 0 Å². The third-order valence-electron chi connectivity index (χ3n) is 3.77. The first kappa shape index (κ1) is 14.9. The van der Waals surface area contributed by atoms with Crippen LogP contribution in [0.15, 0.2) is 12.1 Å². The molecule has 0 radical (unpaired) electrons. The molecule has 1 saturated carbocycles. The van der Waals surface area contributed by atoms with Crippen molar-refractivity contribution in [2.24, 2.45) is 5.92 Å². The van der Waals surface area contributed by atoms with Gasteiger partial charge in [0.25, 0.3) is 5.91 Å². The highest BCUT2D eigenvalue weighted by Gasteiger charge is 2.36. The highest BCUT2D eigenvalue weighted by molar-refractivity contribution is 7.17. The number of hydrogen-bond donors (Lipinski definition) is 2. The number of rotatable bonds is 4. The van der Waals surface area contributed by atoms with Gasteiger partial charge in [-0.1, -0.05) is 31.1 Å². The summed E-state index contributed by atoms with van der Waals surface area (Å²) in [5.74, 6) is 0.111. The average Bonchev–Trinajstić information content (AvgIpc) is 2.88. The molecule has 1 fully saturated rings. The molecule has 7 heteroatoms. The molecular weight excluding hydrogens is 280 g/mol. The smallest absolute Gasteiger partial charge is 0.324 e. The summed E-state index contributed by atoms with van der Waals surface area (Å²) in [7, 11) is 0. The molecule has 2 atom stereocenters. The molecule has 0 saturated heterocycles. The van der Waals surface area contributed by atoms with Crippen molar-refractivity contribution in [1.82, 2.24) is 5.32 Å². The lowest BCUT2D eigenvalue weighted by atomic mass is 9.77. The van der Waals surface area contributed by atoms with Crippen LogP contribution in [0.4, 0.5) is 5.00 Å². The maximum Gasteiger partial charge on any atom is 0.324 e. The summed E-state index contributed by atoms with van der Waals surface area (Å²) in [4.78, 5) is 22.6. The Kier molecular flexibility index (Phi) is 4.39. The number of amides is 1. The number of aliphatic hydroxyl groups is 1. The third-order valence-corrected chi connectivity index (χ3v) is 4.80. The summed E-state index contributed by atoms with van der Waals surface area (Å²) in [5, 5.41) is 23.1. The van der Waals surface area contributed by atoms with Gasteiger partial charge >= 0.3 is 5.00 Å². The van der Waals surface area contributed by atoms with Crippen molar-refractivity contribution in [3.8, 4) is 0 Å². The van der Waals surface area contributed by atoms with Crippen LogP contribution in [0.2, 0.25) is 0 Å². The number of carbonyl (C=O) groups excluding carboxylic acids is 1. The van der Waals surface area contributed by atoms with E-state index >= 15 is 0 Å². The summed E-state index contributed by atoms with van der Waals surface area (Å²) in [6.45, 7) is 2.00. The molecule has 0 bridgehead atoms. The minimum absolute atomic E-state index is 0.0507. The first-order valence-electron chi connectivity index (χ1n) is 6.63. The van der Waals surface area contributed by atoms with E-state index < -0.39 is 10.5 Å². The van der Waals surface area contributed by atoms with Crippen LogP contribution in [0.3, 0.4) is 0 Å². The lowest BCUT2D eigenvalue weighted by Crippen LogP contribution is -2.53. The number of nitrogens with zero attached hydrogens (tertiary/aromatic N) is 1. The van der Waals surface area contributed by atoms with E-state index in [2.05, 4.69) is 12.2 Å². The van der Waals surface area contributed by atoms with E-state index in [4.69, 9.17) is 0 Å². The number of thiophene rings is 1. The van der Waals surface area contributed by atoms with Gasteiger partial charge < -0.3 is 10.4 Å². The first-order chi connectivity index (χ1) is 9.46. The van der Waals surface area contributed by atoms with E-state index in [-0.39, 0.29) is 17.5 Å². The second-order valence-electron chi connectivity index (χ2n) is 5.49. The van der Waals surface area contributed by atoms with E-state index in [1.807, 2.05) is 0 Å². The molecule has 110 valence electrons. The van der Waals surface area contributed by atoms with E-state index in [9.17, 15) is 20.0 Å². The van der Waals surface area contributed by atoms with Crippen LogP contribution in [0.5, 0.6) is 0 Å². The van der Waals surface area contributed by atoms with Gasteiger partial charge in [-0.2, -0.15) is 0 Å². The van der Waals surface area contributed by atoms with Gasteiger partial charge in [-0.05, 0) is 24.8 Å². The Bertz CT molecular complexity index is 516. The van der Waals surface area contributed by atoms with Gasteiger partial charge in [0.05, 0.1) is 21.9 Å². The molecule has 1 amide bonds. The summed E-state index contributed by atoms with van der Waals surface area (Å²) in [5.41, 5.74) is -0.590. The summed E-state index contributed by atoms with van der Waals surface area (Å²) < 4.78 is 0. The molecule has 2 rings (SSSR count). The molecule has 20 heavy (non-hydrogen) atoms. The zero-order valence-electron chi connectivity index (χ0n) is 11.3. The molecule has 6 nitrogen and oxygen atoms in total. The van der Waals surface area contributed by atoms with Gasteiger partial charge in [-0.3, -0.25) is 14.9 Å². The van der Waals surface area contributed by atoms with E-state index in [0.29, 0.717) is 10.8 Å². The number of aliphatic hydroxyl groups excluding tert-OH is 1. The Labute approximate surface area is 121 Å². The van der Waals surface area contributed by atoms with Crippen LogP contribution >= 0.6 is 11.3 Å². The monoisotopic (exact) mass is 298 g/mol. The Balaban J connectivity index is 2.10. The quantitative estimate of drug-likeness (QED) is 0.659. The summed E-state index contributed by atoms with van der Waals surface area (Å²) >= 11 is 0.855. The van der Waals surface area contributed by atoms with Crippen molar-refractivity contribution in [3.05, 3.63) is 27.1 Å². The largest absolute Gasteiger partial charge is 0.394 e. The molecule has 0 spiro atoms. The summed E-state index contributed by atoms with van der Waals surface area (Å²) in [6.07, 6.45) is 3.55. The average molecular weight is 298 g/mol. The Morgan fingerprint density at radius 2 is 2.40 bits per heavy atom. The zero-order chi connectivity index (χ0) is 14.8. The Morgan fingerprint density at radius 1 is 1.65 bits per heavy atom. The molecule has 1 heterocycles. The molecule has 0 aromatic carbocycles. The molecule has 1 aromatic heterocycles. The Morgan fingerprint density at radius 3 is 2.95 bits per heavy atom. The fraction of sp³-hybridized carbons (Fsp3) is 0.615. The summed E-state index contributed by atoms with van der Waals surface area (Å²) in [6, 6.07) is 2.78. The van der Waals surface area contributed by atoms with Crippen LogP contribution in [-0.4, -0.2) is 28.1 Å². The number of nitro groups is 1. The maximum absolute atomic E-state index is 12.2. The second-order valence-corrected chi connectivity index (χ2v) is 6.55. The van der Waals surface area contributed by atoms with Crippen molar-refractivity contribution in [2.75, 3.05) is 6.61 Å². The van der Waals surface area contributed by atoms with Crippen molar-refractivity contribution in [1.29, 1.82) is 0 Å². The third kappa shape index (κ3) is 3.16. The van der Waals surface area contributed by atoms with Crippen LogP contribution < -0.4 is 5.32 Å². The molecule has 1 aliphatic rings. The van der Waals surface area contributed by atoms with Gasteiger partial charge in [0, 0.05) is 6.07 Å². The fourth-order valence-corrected chi connectivity index (χ4v) is 3.52.